The van der Waals surface area contributed by atoms with Gasteiger partial charge in [0.2, 0.25) is 0 Å². The summed E-state index contributed by atoms with van der Waals surface area (Å²) in [5.74, 6) is 2.15. The van der Waals surface area contributed by atoms with E-state index in [2.05, 4.69) is 19.2 Å². The number of hydrogen-bond donors (Lipinski definition) is 1. The molecule has 0 spiro atoms. The molecule has 4 heteroatoms. The highest BCUT2D eigenvalue weighted by Gasteiger charge is 2.28. The van der Waals surface area contributed by atoms with Gasteiger partial charge in [-0.1, -0.05) is 18.5 Å². The molecule has 2 unspecified atom stereocenters. The fourth-order valence-corrected chi connectivity index (χ4v) is 2.60. The molecule has 0 radical (unpaired) electrons. The molecule has 0 saturated heterocycles. The lowest BCUT2D eigenvalue weighted by atomic mass is 9.98. The monoisotopic (exact) mass is 295 g/mol. The number of halogens is 1. The number of nitrogens with one attached hydrogen (secondary N) is 1. The minimum atomic E-state index is -0.0737. The molecular formula is C16H22ClNO2. The van der Waals surface area contributed by atoms with Crippen LogP contribution >= 0.6 is 11.6 Å². The minimum absolute atomic E-state index is 0.0454. The highest BCUT2D eigenvalue weighted by atomic mass is 35.5. The van der Waals surface area contributed by atoms with Crippen molar-refractivity contribution in [1.29, 1.82) is 0 Å². The minimum Gasteiger partial charge on any atom is -0.484 e. The Labute approximate surface area is 125 Å². The molecular weight excluding hydrogens is 274 g/mol. The zero-order chi connectivity index (χ0) is 14.5. The summed E-state index contributed by atoms with van der Waals surface area (Å²) < 4.78 is 5.42. The third-order valence-electron chi connectivity index (χ3n) is 3.74. The van der Waals surface area contributed by atoms with Crippen LogP contribution in [0.25, 0.3) is 0 Å². The second kappa shape index (κ2) is 6.98. The van der Waals surface area contributed by atoms with Crippen LogP contribution in [0.3, 0.4) is 0 Å². The van der Waals surface area contributed by atoms with Gasteiger partial charge in [-0.05, 0) is 62.3 Å². The Morgan fingerprint density at radius 3 is 2.60 bits per heavy atom. The van der Waals surface area contributed by atoms with Crippen LogP contribution in [0, 0.1) is 11.8 Å². The molecule has 1 aliphatic rings. The average molecular weight is 296 g/mol. The maximum Gasteiger partial charge on any atom is 0.258 e. The Bertz CT molecular complexity index is 442. The molecule has 20 heavy (non-hydrogen) atoms. The van der Waals surface area contributed by atoms with Gasteiger partial charge in [0, 0.05) is 11.1 Å². The molecule has 0 aliphatic heterocycles. The number of ether oxygens (including phenoxy) is 1. The predicted octanol–water partition coefficient (Wildman–Crippen LogP) is 3.66. The van der Waals surface area contributed by atoms with E-state index in [-0.39, 0.29) is 18.6 Å². The van der Waals surface area contributed by atoms with E-state index in [1.54, 1.807) is 24.3 Å². The molecule has 1 N–H and O–H groups in total. The van der Waals surface area contributed by atoms with E-state index in [1.165, 1.54) is 12.8 Å². The largest absolute Gasteiger partial charge is 0.484 e. The van der Waals surface area contributed by atoms with E-state index in [4.69, 9.17) is 16.3 Å². The van der Waals surface area contributed by atoms with Crippen molar-refractivity contribution in [1.82, 2.24) is 5.32 Å². The van der Waals surface area contributed by atoms with Gasteiger partial charge in [-0.3, -0.25) is 4.79 Å². The first-order chi connectivity index (χ1) is 9.54. The van der Waals surface area contributed by atoms with Gasteiger partial charge in [0.15, 0.2) is 6.61 Å². The first-order valence-electron chi connectivity index (χ1n) is 7.22. The Balaban J connectivity index is 1.67. The van der Waals surface area contributed by atoms with Gasteiger partial charge < -0.3 is 10.1 Å². The summed E-state index contributed by atoms with van der Waals surface area (Å²) in [7, 11) is 0. The predicted molar refractivity (Wildman–Crippen MR) is 81.1 cm³/mol. The zero-order valence-corrected chi connectivity index (χ0v) is 12.8. The molecule has 1 aromatic carbocycles. The molecule has 0 aromatic heterocycles. The highest BCUT2D eigenvalue weighted by molar-refractivity contribution is 6.30. The van der Waals surface area contributed by atoms with Crippen molar-refractivity contribution in [3.05, 3.63) is 29.3 Å². The van der Waals surface area contributed by atoms with Crippen LogP contribution < -0.4 is 10.1 Å². The van der Waals surface area contributed by atoms with Crippen molar-refractivity contribution in [2.24, 2.45) is 11.8 Å². The SMILES string of the molecule is CC(CC(C)C1CC1)NC(=O)COc1ccc(Cl)cc1. The van der Waals surface area contributed by atoms with Crippen LogP contribution in [0.1, 0.15) is 33.1 Å². The van der Waals surface area contributed by atoms with Crippen molar-refractivity contribution in [2.45, 2.75) is 39.2 Å². The molecule has 1 amide bonds. The van der Waals surface area contributed by atoms with Crippen molar-refractivity contribution in [3.8, 4) is 5.75 Å². The van der Waals surface area contributed by atoms with E-state index < -0.39 is 0 Å². The maximum atomic E-state index is 11.8. The van der Waals surface area contributed by atoms with Crippen molar-refractivity contribution < 1.29 is 9.53 Å². The lowest BCUT2D eigenvalue weighted by Crippen LogP contribution is -2.37. The molecule has 2 atom stereocenters. The molecule has 110 valence electrons. The second-order valence-electron chi connectivity index (χ2n) is 5.76. The van der Waals surface area contributed by atoms with E-state index in [1.807, 2.05) is 0 Å². The van der Waals surface area contributed by atoms with Crippen molar-refractivity contribution in [2.75, 3.05) is 6.61 Å². The molecule has 1 saturated carbocycles. The fourth-order valence-electron chi connectivity index (χ4n) is 2.47. The topological polar surface area (TPSA) is 38.3 Å². The lowest BCUT2D eigenvalue weighted by Gasteiger charge is -2.18. The Morgan fingerprint density at radius 2 is 2.00 bits per heavy atom. The third kappa shape index (κ3) is 5.04. The Hall–Kier alpha value is -1.22. The second-order valence-corrected chi connectivity index (χ2v) is 6.20. The molecule has 0 bridgehead atoms. The number of benzene rings is 1. The van der Waals surface area contributed by atoms with E-state index in [0.717, 1.165) is 12.3 Å². The van der Waals surface area contributed by atoms with Crippen LogP contribution in [-0.4, -0.2) is 18.6 Å². The first kappa shape index (κ1) is 15.2. The molecule has 1 aromatic rings. The van der Waals surface area contributed by atoms with Crippen LogP contribution in [0.5, 0.6) is 5.75 Å². The summed E-state index contributed by atoms with van der Waals surface area (Å²) in [5, 5.41) is 3.64. The van der Waals surface area contributed by atoms with Gasteiger partial charge in [-0.15, -0.1) is 0 Å². The summed E-state index contributed by atoms with van der Waals surface area (Å²) in [6.45, 7) is 4.37. The molecule has 0 heterocycles. The Kier molecular flexibility index (Phi) is 5.30. The molecule has 2 rings (SSSR count). The summed E-state index contributed by atoms with van der Waals surface area (Å²) >= 11 is 5.79. The van der Waals surface area contributed by atoms with Crippen molar-refractivity contribution in [3.63, 3.8) is 0 Å². The Morgan fingerprint density at radius 1 is 1.35 bits per heavy atom. The molecule has 1 aliphatic carbocycles. The highest BCUT2D eigenvalue weighted by Crippen LogP contribution is 2.38. The van der Waals surface area contributed by atoms with Gasteiger partial charge in [0.25, 0.3) is 5.91 Å². The smallest absolute Gasteiger partial charge is 0.258 e. The van der Waals surface area contributed by atoms with Gasteiger partial charge in [0.1, 0.15) is 5.75 Å². The van der Waals surface area contributed by atoms with Crippen molar-refractivity contribution >= 4 is 17.5 Å². The maximum absolute atomic E-state index is 11.8. The summed E-state index contributed by atoms with van der Waals surface area (Å²) in [6.07, 6.45) is 3.74. The quantitative estimate of drug-likeness (QED) is 0.833. The number of amides is 1. The summed E-state index contributed by atoms with van der Waals surface area (Å²) in [4.78, 5) is 11.8. The van der Waals surface area contributed by atoms with E-state index in [9.17, 15) is 4.79 Å². The van der Waals surface area contributed by atoms with Gasteiger partial charge in [0.05, 0.1) is 0 Å². The lowest BCUT2D eigenvalue weighted by molar-refractivity contribution is -0.123. The molecule has 3 nitrogen and oxygen atoms in total. The van der Waals surface area contributed by atoms with Gasteiger partial charge in [-0.25, -0.2) is 0 Å². The average Bonchev–Trinajstić information content (AvgIpc) is 3.22. The molecule has 1 fully saturated rings. The zero-order valence-electron chi connectivity index (χ0n) is 12.1. The number of hydrogen-bond acceptors (Lipinski definition) is 2. The number of rotatable bonds is 7. The van der Waals surface area contributed by atoms with Crippen LogP contribution in [-0.2, 0) is 4.79 Å². The number of carbonyl (C=O) groups excluding carboxylic acids is 1. The van der Waals surface area contributed by atoms with E-state index in [0.29, 0.717) is 16.7 Å². The van der Waals surface area contributed by atoms with Crippen LogP contribution in [0.2, 0.25) is 5.02 Å². The van der Waals surface area contributed by atoms with Crippen LogP contribution in [0.15, 0.2) is 24.3 Å². The van der Waals surface area contributed by atoms with Gasteiger partial charge >= 0.3 is 0 Å². The van der Waals surface area contributed by atoms with E-state index >= 15 is 0 Å². The first-order valence-corrected chi connectivity index (χ1v) is 7.60. The number of carbonyl (C=O) groups is 1. The van der Waals surface area contributed by atoms with Gasteiger partial charge in [-0.2, -0.15) is 0 Å². The third-order valence-corrected chi connectivity index (χ3v) is 4.00. The standard InChI is InChI=1S/C16H22ClNO2/c1-11(13-3-4-13)9-12(2)18-16(19)10-20-15-7-5-14(17)6-8-15/h5-8,11-13H,3-4,9-10H2,1-2H3,(H,18,19). The normalized spacial score (nSPS) is 17.4. The van der Waals surface area contributed by atoms with Crippen LogP contribution in [0.4, 0.5) is 0 Å². The summed E-state index contributed by atoms with van der Waals surface area (Å²) in [5.41, 5.74) is 0. The fraction of sp³-hybridized carbons (Fsp3) is 0.562. The summed E-state index contributed by atoms with van der Waals surface area (Å²) in [6, 6.07) is 7.21.